The largest absolute Gasteiger partial charge is 0.462 e. The number of nitrogens with zero attached hydrogens (tertiary/aromatic N) is 2. The highest BCUT2D eigenvalue weighted by atomic mass is 19.1. The molecule has 5 rings (SSSR count). The summed E-state index contributed by atoms with van der Waals surface area (Å²) in [6, 6.07) is 7.26. The number of esters is 1. The molecule has 216 valence electrons. The van der Waals surface area contributed by atoms with Gasteiger partial charge in [0, 0.05) is 47.8 Å². The van der Waals surface area contributed by atoms with Crippen LogP contribution in [0.3, 0.4) is 0 Å². The Morgan fingerprint density at radius 2 is 1.85 bits per heavy atom. The Hall–Kier alpha value is -3.00. The predicted octanol–water partition coefficient (Wildman–Crippen LogP) is 5.18. The van der Waals surface area contributed by atoms with Crippen molar-refractivity contribution >= 4 is 11.9 Å². The molecule has 2 atom stereocenters. The van der Waals surface area contributed by atoms with Crippen molar-refractivity contribution in [1.82, 2.24) is 9.47 Å². The third-order valence-corrected chi connectivity index (χ3v) is 9.70. The number of amides is 1. The van der Waals surface area contributed by atoms with Crippen LogP contribution in [0.5, 0.6) is 0 Å². The summed E-state index contributed by atoms with van der Waals surface area (Å²) in [7, 11) is 0. The molecule has 3 aliphatic rings. The van der Waals surface area contributed by atoms with Crippen molar-refractivity contribution in [2.75, 3.05) is 19.7 Å². The van der Waals surface area contributed by atoms with E-state index in [0.29, 0.717) is 25.4 Å². The summed E-state index contributed by atoms with van der Waals surface area (Å²) < 4.78 is 21.3. The second-order valence-corrected chi connectivity index (χ2v) is 12.2. The normalized spacial score (nSPS) is 23.1. The minimum Gasteiger partial charge on any atom is -0.462 e. The van der Waals surface area contributed by atoms with Gasteiger partial charge in [0.15, 0.2) is 0 Å². The molecule has 1 aromatic carbocycles. The number of carbonyl (C=O) groups excluding carboxylic acids is 2. The van der Waals surface area contributed by atoms with E-state index in [1.165, 1.54) is 48.2 Å². The van der Waals surface area contributed by atoms with Crippen LogP contribution in [0.2, 0.25) is 0 Å². The molecule has 1 amide bonds. The Morgan fingerprint density at radius 1 is 1.12 bits per heavy atom. The summed E-state index contributed by atoms with van der Waals surface area (Å²) in [6.07, 6.45) is 9.81. The quantitative estimate of drug-likeness (QED) is 0.456. The van der Waals surface area contributed by atoms with Crippen LogP contribution in [0.4, 0.5) is 4.39 Å². The maximum atomic E-state index is 14.7. The number of ether oxygens (including phenoxy) is 1. The van der Waals surface area contributed by atoms with Gasteiger partial charge in [0.25, 0.3) is 5.56 Å². The van der Waals surface area contributed by atoms with Crippen LogP contribution < -0.4 is 5.56 Å². The van der Waals surface area contributed by atoms with Gasteiger partial charge in [-0.2, -0.15) is 0 Å². The van der Waals surface area contributed by atoms with Gasteiger partial charge in [0.05, 0.1) is 24.3 Å². The summed E-state index contributed by atoms with van der Waals surface area (Å²) in [6.45, 7) is 4.74. The number of hydrogen-bond acceptors (Lipinski definition) is 5. The number of aromatic nitrogens is 1. The molecule has 2 aromatic rings. The molecule has 1 saturated heterocycles. The van der Waals surface area contributed by atoms with Crippen LogP contribution in [0, 0.1) is 23.1 Å². The van der Waals surface area contributed by atoms with Crippen molar-refractivity contribution in [3.05, 3.63) is 58.3 Å². The minimum absolute atomic E-state index is 0.00452. The van der Waals surface area contributed by atoms with E-state index in [4.69, 9.17) is 4.74 Å². The Labute approximate surface area is 235 Å². The Kier molecular flexibility index (Phi) is 8.18. The second kappa shape index (κ2) is 11.5. The van der Waals surface area contributed by atoms with Gasteiger partial charge in [-0.1, -0.05) is 57.2 Å². The van der Waals surface area contributed by atoms with E-state index < -0.39 is 28.4 Å². The molecule has 0 bridgehead atoms. The van der Waals surface area contributed by atoms with E-state index in [1.807, 2.05) is 11.8 Å². The van der Waals surface area contributed by atoms with Crippen LogP contribution >= 0.6 is 0 Å². The summed E-state index contributed by atoms with van der Waals surface area (Å²) >= 11 is 0. The third kappa shape index (κ3) is 5.35. The molecule has 40 heavy (non-hydrogen) atoms. The number of carbonyl (C=O) groups is 2. The molecule has 2 aliphatic carbocycles. The van der Waals surface area contributed by atoms with Crippen LogP contribution in [-0.4, -0.2) is 51.7 Å². The second-order valence-electron chi connectivity index (χ2n) is 12.2. The number of pyridine rings is 1. The highest BCUT2D eigenvalue weighted by Gasteiger charge is 2.55. The molecular formula is C32H41FN2O5. The Bertz CT molecular complexity index is 1310. The van der Waals surface area contributed by atoms with Gasteiger partial charge in [0.1, 0.15) is 5.82 Å². The molecule has 2 unspecified atom stereocenters. The standard InChI is InChI=1S/C32H41FN2O5/c1-3-40-30(38)26-19-35(28(36)18-25(26)24-11-4-5-12-27(24)33)21-32(39)15-16-34(20-31(32)13-6-7-14-31)29(37)22(2)17-23-9-8-10-23/h4-5,11-12,18-19,22-23,39H,3,6-10,13-17,20-21H2,1-2H3. The van der Waals surface area contributed by atoms with Gasteiger partial charge in [0.2, 0.25) is 5.91 Å². The SMILES string of the molecule is CCOC(=O)c1cn(CC2(O)CCN(C(=O)C(C)CC3CCC3)CC23CCCC3)c(=O)cc1-c1ccccc1F. The van der Waals surface area contributed by atoms with Crippen LogP contribution in [0.15, 0.2) is 41.3 Å². The van der Waals surface area contributed by atoms with Crippen LogP contribution in [0.1, 0.15) is 82.0 Å². The molecule has 1 spiro atoms. The smallest absolute Gasteiger partial charge is 0.340 e. The van der Waals surface area contributed by atoms with E-state index in [-0.39, 0.29) is 41.7 Å². The molecule has 8 heteroatoms. The van der Waals surface area contributed by atoms with Crippen molar-refractivity contribution in [1.29, 1.82) is 0 Å². The van der Waals surface area contributed by atoms with Crippen molar-refractivity contribution in [3.8, 4) is 11.1 Å². The van der Waals surface area contributed by atoms with E-state index >= 15 is 0 Å². The van der Waals surface area contributed by atoms with E-state index in [2.05, 4.69) is 0 Å². The number of piperidine rings is 1. The first-order valence-electron chi connectivity index (χ1n) is 14.8. The highest BCUT2D eigenvalue weighted by Crippen LogP contribution is 2.52. The summed E-state index contributed by atoms with van der Waals surface area (Å²) in [4.78, 5) is 41.7. The lowest BCUT2D eigenvalue weighted by Gasteiger charge is -2.53. The monoisotopic (exact) mass is 552 g/mol. The van der Waals surface area contributed by atoms with E-state index in [0.717, 1.165) is 32.1 Å². The Morgan fingerprint density at radius 3 is 2.50 bits per heavy atom. The molecule has 0 radical (unpaired) electrons. The van der Waals surface area contributed by atoms with E-state index in [1.54, 1.807) is 19.1 Å². The summed E-state index contributed by atoms with van der Waals surface area (Å²) in [5.41, 5.74) is -1.80. The van der Waals surface area contributed by atoms with Crippen LogP contribution in [0.25, 0.3) is 11.1 Å². The maximum Gasteiger partial charge on any atom is 0.340 e. The van der Waals surface area contributed by atoms with Gasteiger partial charge in [-0.3, -0.25) is 9.59 Å². The number of aliphatic hydroxyl groups is 1. The average Bonchev–Trinajstić information content (AvgIpc) is 3.39. The molecule has 1 N–H and O–H groups in total. The minimum atomic E-state index is -1.23. The van der Waals surface area contributed by atoms with Crippen molar-refractivity contribution in [3.63, 3.8) is 0 Å². The van der Waals surface area contributed by atoms with Crippen LogP contribution in [-0.2, 0) is 16.1 Å². The molecule has 1 aliphatic heterocycles. The fourth-order valence-electron chi connectivity index (χ4n) is 7.18. The molecule has 7 nitrogen and oxygen atoms in total. The molecule has 3 fully saturated rings. The Balaban J connectivity index is 1.44. The molecule has 2 saturated carbocycles. The summed E-state index contributed by atoms with van der Waals surface area (Å²) in [5, 5.41) is 12.2. The maximum absolute atomic E-state index is 14.7. The zero-order chi connectivity index (χ0) is 28.5. The molecular weight excluding hydrogens is 511 g/mol. The van der Waals surface area contributed by atoms with Gasteiger partial charge >= 0.3 is 5.97 Å². The first kappa shape index (κ1) is 28.5. The number of benzene rings is 1. The van der Waals surface area contributed by atoms with Gasteiger partial charge in [-0.15, -0.1) is 0 Å². The molecule has 2 heterocycles. The predicted molar refractivity (Wildman–Crippen MR) is 150 cm³/mol. The number of hydrogen-bond donors (Lipinski definition) is 1. The van der Waals surface area contributed by atoms with Gasteiger partial charge in [-0.05, 0) is 44.6 Å². The zero-order valence-electron chi connectivity index (χ0n) is 23.7. The van der Waals surface area contributed by atoms with Crippen molar-refractivity contribution in [2.45, 2.75) is 83.8 Å². The van der Waals surface area contributed by atoms with Gasteiger partial charge in [-0.25, -0.2) is 9.18 Å². The topological polar surface area (TPSA) is 88.8 Å². The van der Waals surface area contributed by atoms with Crippen molar-refractivity contribution < 1.29 is 23.8 Å². The first-order chi connectivity index (χ1) is 19.2. The highest BCUT2D eigenvalue weighted by molar-refractivity contribution is 5.97. The average molecular weight is 553 g/mol. The number of halogens is 1. The summed E-state index contributed by atoms with van der Waals surface area (Å²) in [5.74, 6) is -0.420. The zero-order valence-corrected chi connectivity index (χ0v) is 23.7. The fraction of sp³-hybridized carbons (Fsp3) is 0.594. The van der Waals surface area contributed by atoms with E-state index in [9.17, 15) is 23.9 Å². The van der Waals surface area contributed by atoms with Gasteiger partial charge < -0.3 is 19.3 Å². The lowest BCUT2D eigenvalue weighted by atomic mass is 9.65. The first-order valence-corrected chi connectivity index (χ1v) is 14.8. The lowest BCUT2D eigenvalue weighted by Crippen LogP contribution is -2.62. The lowest BCUT2D eigenvalue weighted by molar-refractivity contribution is -0.163. The fourth-order valence-corrected chi connectivity index (χ4v) is 7.18. The molecule has 1 aromatic heterocycles. The number of likely N-dealkylation sites (tertiary alicyclic amines) is 1. The van der Waals surface area contributed by atoms with Crippen molar-refractivity contribution in [2.24, 2.45) is 17.3 Å². The third-order valence-electron chi connectivity index (χ3n) is 9.70. The number of rotatable bonds is 8.